The molecule has 1 fully saturated rings. The van der Waals surface area contributed by atoms with E-state index >= 15 is 0 Å². The van der Waals surface area contributed by atoms with Crippen molar-refractivity contribution in [1.82, 2.24) is 10.3 Å². The van der Waals surface area contributed by atoms with Crippen LogP contribution in [0.5, 0.6) is 5.75 Å². The fraction of sp³-hybridized carbons (Fsp3) is 0.533. The van der Waals surface area contributed by atoms with Gasteiger partial charge in [0.05, 0.1) is 12.8 Å². The summed E-state index contributed by atoms with van der Waals surface area (Å²) in [5.41, 5.74) is 3.63. The second-order valence-electron chi connectivity index (χ2n) is 5.32. The molecule has 0 bridgehead atoms. The Morgan fingerprint density at radius 2 is 2.33 bits per heavy atom. The number of allylic oxidation sites excluding steroid dienone is 2. The number of ether oxygens (including phenoxy) is 1. The Morgan fingerprint density at radius 3 is 3.11 bits per heavy atom. The molecule has 2 aliphatic rings. The van der Waals surface area contributed by atoms with Crippen LogP contribution in [0.15, 0.2) is 18.3 Å². The van der Waals surface area contributed by atoms with E-state index in [2.05, 4.69) is 22.4 Å². The van der Waals surface area contributed by atoms with E-state index in [0.29, 0.717) is 0 Å². The maximum atomic E-state index is 5.36. The third-order valence-corrected chi connectivity index (χ3v) is 4.20. The molecule has 3 heteroatoms. The van der Waals surface area contributed by atoms with Gasteiger partial charge in [0, 0.05) is 6.20 Å². The first kappa shape index (κ1) is 11.7. The Hall–Kier alpha value is -1.35. The summed E-state index contributed by atoms with van der Waals surface area (Å²) in [7, 11) is 1.71. The SMILES string of the molecule is COc1cc(C2=CC3CCNCC3C2)cnc1C. The molecule has 2 unspecified atom stereocenters. The third kappa shape index (κ3) is 2.03. The average Bonchev–Trinajstić information content (AvgIpc) is 2.83. The first-order valence-corrected chi connectivity index (χ1v) is 6.70. The van der Waals surface area contributed by atoms with Crippen molar-refractivity contribution in [2.24, 2.45) is 11.8 Å². The van der Waals surface area contributed by atoms with Crippen molar-refractivity contribution in [1.29, 1.82) is 0 Å². The van der Waals surface area contributed by atoms with E-state index in [1.165, 1.54) is 24.0 Å². The lowest BCUT2D eigenvalue weighted by atomic mass is 9.89. The lowest BCUT2D eigenvalue weighted by Gasteiger charge is -2.25. The van der Waals surface area contributed by atoms with E-state index in [1.54, 1.807) is 7.11 Å². The molecule has 1 aliphatic carbocycles. The molecule has 1 saturated heterocycles. The first-order chi connectivity index (χ1) is 8.78. The van der Waals surface area contributed by atoms with Crippen molar-refractivity contribution in [2.75, 3.05) is 20.2 Å². The normalized spacial score (nSPS) is 26.7. The van der Waals surface area contributed by atoms with Crippen LogP contribution >= 0.6 is 0 Å². The van der Waals surface area contributed by atoms with Gasteiger partial charge < -0.3 is 10.1 Å². The molecule has 0 aromatic carbocycles. The summed E-state index contributed by atoms with van der Waals surface area (Å²) >= 11 is 0. The van der Waals surface area contributed by atoms with E-state index < -0.39 is 0 Å². The third-order valence-electron chi connectivity index (χ3n) is 4.20. The summed E-state index contributed by atoms with van der Waals surface area (Å²) in [4.78, 5) is 4.43. The van der Waals surface area contributed by atoms with E-state index in [0.717, 1.165) is 36.4 Å². The second-order valence-corrected chi connectivity index (χ2v) is 5.32. The van der Waals surface area contributed by atoms with Crippen molar-refractivity contribution in [3.63, 3.8) is 0 Å². The molecule has 0 saturated carbocycles. The maximum Gasteiger partial charge on any atom is 0.140 e. The van der Waals surface area contributed by atoms with Gasteiger partial charge in [0.2, 0.25) is 0 Å². The van der Waals surface area contributed by atoms with Crippen molar-refractivity contribution in [2.45, 2.75) is 19.8 Å². The molecule has 18 heavy (non-hydrogen) atoms. The summed E-state index contributed by atoms with van der Waals surface area (Å²) in [6.45, 7) is 4.29. The van der Waals surface area contributed by atoms with Crippen LogP contribution in [0.4, 0.5) is 0 Å². The Bertz CT molecular complexity index is 481. The predicted octanol–water partition coefficient (Wildman–Crippen LogP) is 2.41. The summed E-state index contributed by atoms with van der Waals surface area (Å²) in [5, 5.41) is 3.49. The highest BCUT2D eigenvalue weighted by molar-refractivity contribution is 5.68. The number of aryl methyl sites for hydroxylation is 1. The number of piperidine rings is 1. The molecule has 0 radical (unpaired) electrons. The zero-order valence-corrected chi connectivity index (χ0v) is 11.1. The van der Waals surface area contributed by atoms with Crippen molar-refractivity contribution in [3.05, 3.63) is 29.6 Å². The zero-order chi connectivity index (χ0) is 12.5. The quantitative estimate of drug-likeness (QED) is 0.867. The van der Waals surface area contributed by atoms with E-state index in [9.17, 15) is 0 Å². The van der Waals surface area contributed by atoms with Crippen LogP contribution in [0, 0.1) is 18.8 Å². The number of methoxy groups -OCH3 is 1. The van der Waals surface area contributed by atoms with E-state index in [1.807, 2.05) is 13.1 Å². The molecule has 2 heterocycles. The molecule has 1 aromatic heterocycles. The Kier molecular flexibility index (Phi) is 3.08. The van der Waals surface area contributed by atoms with Gasteiger partial charge in [-0.1, -0.05) is 6.08 Å². The Labute approximate surface area is 108 Å². The van der Waals surface area contributed by atoms with Gasteiger partial charge in [0.25, 0.3) is 0 Å². The highest BCUT2D eigenvalue weighted by Gasteiger charge is 2.30. The highest BCUT2D eigenvalue weighted by atomic mass is 16.5. The summed E-state index contributed by atoms with van der Waals surface area (Å²) in [6, 6.07) is 2.12. The van der Waals surface area contributed by atoms with Gasteiger partial charge in [-0.2, -0.15) is 0 Å². The molecular formula is C15H20N2O. The number of fused-ring (bicyclic) bond motifs is 1. The number of nitrogens with zero attached hydrogens (tertiary/aromatic N) is 1. The average molecular weight is 244 g/mol. The molecule has 96 valence electrons. The largest absolute Gasteiger partial charge is 0.495 e. The Balaban J connectivity index is 1.87. The lowest BCUT2D eigenvalue weighted by molar-refractivity contribution is 0.324. The van der Waals surface area contributed by atoms with Gasteiger partial charge in [-0.15, -0.1) is 0 Å². The van der Waals surface area contributed by atoms with Crippen LogP contribution in [0.25, 0.3) is 5.57 Å². The fourth-order valence-electron chi connectivity index (χ4n) is 3.10. The van der Waals surface area contributed by atoms with Crippen LogP contribution < -0.4 is 10.1 Å². The van der Waals surface area contributed by atoms with Crippen molar-refractivity contribution < 1.29 is 4.74 Å². The van der Waals surface area contributed by atoms with E-state index in [-0.39, 0.29) is 0 Å². The van der Waals surface area contributed by atoms with Crippen LogP contribution in [-0.2, 0) is 0 Å². The van der Waals surface area contributed by atoms with Crippen molar-refractivity contribution in [3.8, 4) is 5.75 Å². The predicted molar refractivity (Wildman–Crippen MR) is 72.6 cm³/mol. The number of hydrogen-bond acceptors (Lipinski definition) is 3. The van der Waals surface area contributed by atoms with Crippen LogP contribution in [-0.4, -0.2) is 25.2 Å². The molecule has 2 atom stereocenters. The second kappa shape index (κ2) is 4.73. The van der Waals surface area contributed by atoms with E-state index in [4.69, 9.17) is 4.74 Å². The monoisotopic (exact) mass is 244 g/mol. The van der Waals surface area contributed by atoms with Gasteiger partial charge in [-0.25, -0.2) is 0 Å². The molecular weight excluding hydrogens is 224 g/mol. The zero-order valence-electron chi connectivity index (χ0n) is 11.1. The maximum absolute atomic E-state index is 5.36. The van der Waals surface area contributed by atoms with Gasteiger partial charge in [-0.05, 0) is 61.9 Å². The van der Waals surface area contributed by atoms with Gasteiger partial charge in [0.1, 0.15) is 5.75 Å². The minimum atomic E-state index is 0.758. The Morgan fingerprint density at radius 1 is 1.44 bits per heavy atom. The number of pyridine rings is 1. The minimum absolute atomic E-state index is 0.758. The van der Waals surface area contributed by atoms with Gasteiger partial charge >= 0.3 is 0 Å². The lowest BCUT2D eigenvalue weighted by Crippen LogP contribution is -2.33. The summed E-state index contributed by atoms with van der Waals surface area (Å²) in [6.07, 6.45) is 6.88. The standard InChI is InChI=1S/C15H20N2O/c1-10-15(18-2)7-14(9-17-10)12-5-11-3-4-16-8-13(11)6-12/h5,7,9,11,13,16H,3-4,6,8H2,1-2H3. The molecule has 3 nitrogen and oxygen atoms in total. The van der Waals surface area contributed by atoms with Gasteiger partial charge in [-0.3, -0.25) is 4.98 Å². The van der Waals surface area contributed by atoms with Gasteiger partial charge in [0.15, 0.2) is 0 Å². The summed E-state index contributed by atoms with van der Waals surface area (Å²) in [5.74, 6) is 2.43. The summed E-state index contributed by atoms with van der Waals surface area (Å²) < 4.78 is 5.36. The topological polar surface area (TPSA) is 34.1 Å². The number of nitrogens with one attached hydrogen (secondary N) is 1. The first-order valence-electron chi connectivity index (χ1n) is 6.70. The fourth-order valence-corrected chi connectivity index (χ4v) is 3.10. The minimum Gasteiger partial charge on any atom is -0.495 e. The smallest absolute Gasteiger partial charge is 0.140 e. The number of hydrogen-bond donors (Lipinski definition) is 1. The van der Waals surface area contributed by atoms with Crippen molar-refractivity contribution >= 4 is 5.57 Å². The molecule has 0 amide bonds. The molecule has 3 rings (SSSR count). The molecule has 1 aliphatic heterocycles. The number of rotatable bonds is 2. The highest BCUT2D eigenvalue weighted by Crippen LogP contribution is 2.39. The van der Waals surface area contributed by atoms with Crippen LogP contribution in [0.2, 0.25) is 0 Å². The molecule has 0 spiro atoms. The van der Waals surface area contributed by atoms with Crippen LogP contribution in [0.1, 0.15) is 24.1 Å². The van der Waals surface area contributed by atoms with Crippen LogP contribution in [0.3, 0.4) is 0 Å². The molecule has 1 aromatic rings. The molecule has 1 N–H and O–H groups in total. The number of aromatic nitrogens is 1.